The minimum atomic E-state index is -3.58. The zero-order chi connectivity index (χ0) is 18.7. The average molecular weight is 438 g/mol. The van der Waals surface area contributed by atoms with Crippen LogP contribution in [0, 0.1) is 6.92 Å². The summed E-state index contributed by atoms with van der Waals surface area (Å²) in [5.74, 6) is 0. The van der Waals surface area contributed by atoms with Gasteiger partial charge in [-0.2, -0.15) is 4.31 Å². The van der Waals surface area contributed by atoms with Crippen LogP contribution < -0.4 is 0 Å². The molecule has 0 aliphatic carbocycles. The highest BCUT2D eigenvalue weighted by Gasteiger charge is 2.38. The van der Waals surface area contributed by atoms with E-state index in [9.17, 15) is 8.42 Å². The van der Waals surface area contributed by atoms with Crippen LogP contribution in [0.3, 0.4) is 0 Å². The number of hydrogen-bond donors (Lipinski definition) is 0. The first-order chi connectivity index (χ1) is 12.4. The topological polar surface area (TPSA) is 46.6 Å². The first kappa shape index (κ1) is 19.5. The van der Waals surface area contributed by atoms with E-state index in [-0.39, 0.29) is 17.0 Å². The Morgan fingerprint density at radius 2 is 1.77 bits per heavy atom. The fourth-order valence-electron chi connectivity index (χ4n) is 3.23. The van der Waals surface area contributed by atoms with Crippen LogP contribution in [-0.2, 0) is 14.8 Å². The number of hydrogen-bond acceptors (Lipinski definition) is 3. The van der Waals surface area contributed by atoms with Crippen molar-refractivity contribution in [1.29, 1.82) is 0 Å². The monoisotopic (exact) mass is 437 g/mol. The summed E-state index contributed by atoms with van der Waals surface area (Å²) in [5, 5.41) is 0. The van der Waals surface area contributed by atoms with Crippen LogP contribution in [0.5, 0.6) is 0 Å². The number of sulfonamides is 1. The van der Waals surface area contributed by atoms with E-state index in [1.807, 2.05) is 56.3 Å². The van der Waals surface area contributed by atoms with Crippen LogP contribution >= 0.6 is 15.9 Å². The van der Waals surface area contributed by atoms with Gasteiger partial charge in [-0.25, -0.2) is 8.42 Å². The Balaban J connectivity index is 1.92. The largest absolute Gasteiger partial charge is 0.371 e. The van der Waals surface area contributed by atoms with E-state index >= 15 is 0 Å². The lowest BCUT2D eigenvalue weighted by atomic mass is 10.1. The van der Waals surface area contributed by atoms with E-state index < -0.39 is 10.0 Å². The molecule has 2 aromatic carbocycles. The van der Waals surface area contributed by atoms with Gasteiger partial charge in [0.1, 0.15) is 0 Å². The molecule has 3 atom stereocenters. The molecule has 3 unspecified atom stereocenters. The first-order valence-corrected chi connectivity index (χ1v) is 11.2. The molecular weight excluding hydrogens is 414 g/mol. The summed E-state index contributed by atoms with van der Waals surface area (Å²) in [6.45, 7) is 4.69. The van der Waals surface area contributed by atoms with Crippen LogP contribution in [0.15, 0.2) is 59.5 Å². The number of ether oxygens (including phenoxy) is 1. The highest BCUT2D eigenvalue weighted by atomic mass is 79.9. The number of halogens is 1. The van der Waals surface area contributed by atoms with Crippen LogP contribution in [0.2, 0.25) is 0 Å². The lowest BCUT2D eigenvalue weighted by Crippen LogP contribution is -2.43. The third kappa shape index (κ3) is 4.03. The summed E-state index contributed by atoms with van der Waals surface area (Å²) in [4.78, 5) is 0.209. The Morgan fingerprint density at radius 1 is 1.12 bits per heavy atom. The van der Waals surface area contributed by atoms with Crippen molar-refractivity contribution in [3.05, 3.63) is 65.7 Å². The standard InChI is InChI=1S/C20H24BrNO3S/c1-3-17-14-25-20(16-7-5-4-6-8-16)19(21)13-22(17)26(23,24)18-11-9-15(2)10-12-18/h4-12,17,19-20H,3,13-14H2,1-2H3. The molecule has 1 fully saturated rings. The molecule has 0 N–H and O–H groups in total. The molecule has 1 heterocycles. The predicted octanol–water partition coefficient (Wildman–Crippen LogP) is 4.30. The maximum Gasteiger partial charge on any atom is 0.243 e. The summed E-state index contributed by atoms with van der Waals surface area (Å²) in [7, 11) is -3.58. The molecule has 6 heteroatoms. The van der Waals surface area contributed by atoms with Crippen LogP contribution in [0.1, 0.15) is 30.6 Å². The SMILES string of the molecule is CCC1COC(c2ccccc2)C(Br)CN1S(=O)(=O)c1ccc(C)cc1. The molecule has 26 heavy (non-hydrogen) atoms. The average Bonchev–Trinajstić information content (AvgIpc) is 2.82. The van der Waals surface area contributed by atoms with Gasteiger partial charge in [-0.3, -0.25) is 0 Å². The molecule has 0 radical (unpaired) electrons. The summed E-state index contributed by atoms with van der Waals surface area (Å²) in [6, 6.07) is 16.8. The maximum atomic E-state index is 13.3. The molecule has 0 spiro atoms. The maximum absolute atomic E-state index is 13.3. The molecule has 0 amide bonds. The zero-order valence-electron chi connectivity index (χ0n) is 15.0. The summed E-state index contributed by atoms with van der Waals surface area (Å²) in [6.07, 6.45) is 0.523. The Labute approximate surface area is 164 Å². The number of rotatable bonds is 4. The zero-order valence-corrected chi connectivity index (χ0v) is 17.4. The molecule has 0 bridgehead atoms. The van der Waals surface area contributed by atoms with E-state index in [4.69, 9.17) is 4.74 Å². The van der Waals surface area contributed by atoms with Crippen LogP contribution in [-0.4, -0.2) is 36.7 Å². The summed E-state index contributed by atoms with van der Waals surface area (Å²) in [5.41, 5.74) is 2.09. The molecule has 3 rings (SSSR count). The smallest absolute Gasteiger partial charge is 0.243 e. The van der Waals surface area contributed by atoms with Crippen LogP contribution in [0.4, 0.5) is 0 Å². The number of aryl methyl sites for hydroxylation is 1. The van der Waals surface area contributed by atoms with Crippen LogP contribution in [0.25, 0.3) is 0 Å². The molecule has 140 valence electrons. The summed E-state index contributed by atoms with van der Waals surface area (Å²) >= 11 is 3.68. The fraction of sp³-hybridized carbons (Fsp3) is 0.400. The van der Waals surface area contributed by atoms with Crippen molar-refractivity contribution in [2.24, 2.45) is 0 Å². The lowest BCUT2D eigenvalue weighted by Gasteiger charge is -2.28. The number of alkyl halides is 1. The van der Waals surface area contributed by atoms with E-state index in [0.717, 1.165) is 11.1 Å². The van der Waals surface area contributed by atoms with Gasteiger partial charge in [-0.1, -0.05) is 70.9 Å². The van der Waals surface area contributed by atoms with Gasteiger partial charge >= 0.3 is 0 Å². The Hall–Kier alpha value is -1.21. The molecule has 0 aromatic heterocycles. The number of nitrogens with zero attached hydrogens (tertiary/aromatic N) is 1. The highest BCUT2D eigenvalue weighted by molar-refractivity contribution is 9.09. The lowest BCUT2D eigenvalue weighted by molar-refractivity contribution is 0.0500. The predicted molar refractivity (Wildman–Crippen MR) is 107 cm³/mol. The number of benzene rings is 2. The molecule has 1 saturated heterocycles. The van der Waals surface area contributed by atoms with Crippen molar-refractivity contribution < 1.29 is 13.2 Å². The third-order valence-electron chi connectivity index (χ3n) is 4.79. The molecule has 4 nitrogen and oxygen atoms in total. The van der Waals surface area contributed by atoms with Gasteiger partial charge < -0.3 is 4.74 Å². The minimum Gasteiger partial charge on any atom is -0.371 e. The molecule has 1 aliphatic heterocycles. The van der Waals surface area contributed by atoms with E-state index in [1.165, 1.54) is 0 Å². The molecule has 2 aromatic rings. The van der Waals surface area contributed by atoms with Gasteiger partial charge in [0.2, 0.25) is 10.0 Å². The minimum absolute atomic E-state index is 0.123. The van der Waals surface area contributed by atoms with Crippen molar-refractivity contribution in [3.8, 4) is 0 Å². The quantitative estimate of drug-likeness (QED) is 0.669. The Kier molecular flexibility index (Phi) is 6.17. The van der Waals surface area contributed by atoms with Crippen molar-refractivity contribution in [2.45, 2.75) is 42.1 Å². The second kappa shape index (κ2) is 8.21. The second-order valence-corrected chi connectivity index (χ2v) is 9.70. The van der Waals surface area contributed by atoms with Gasteiger partial charge in [0.15, 0.2) is 0 Å². The van der Waals surface area contributed by atoms with Gasteiger partial charge in [-0.15, -0.1) is 0 Å². The molecule has 0 saturated carbocycles. The Bertz CT molecular complexity index is 824. The molecule has 1 aliphatic rings. The van der Waals surface area contributed by atoms with E-state index in [0.29, 0.717) is 24.5 Å². The fourth-order valence-corrected chi connectivity index (χ4v) is 5.90. The first-order valence-electron chi connectivity index (χ1n) is 8.82. The van der Waals surface area contributed by atoms with Crippen molar-refractivity contribution in [1.82, 2.24) is 4.31 Å². The van der Waals surface area contributed by atoms with Gasteiger partial charge in [0.25, 0.3) is 0 Å². The van der Waals surface area contributed by atoms with Crippen molar-refractivity contribution >= 4 is 26.0 Å². The third-order valence-corrected chi connectivity index (χ3v) is 7.49. The second-order valence-electron chi connectivity index (χ2n) is 6.63. The van der Waals surface area contributed by atoms with Crippen molar-refractivity contribution in [3.63, 3.8) is 0 Å². The van der Waals surface area contributed by atoms with Crippen molar-refractivity contribution in [2.75, 3.05) is 13.2 Å². The molecular formula is C20H24BrNO3S. The van der Waals surface area contributed by atoms with E-state index in [1.54, 1.807) is 16.4 Å². The van der Waals surface area contributed by atoms with Gasteiger partial charge in [-0.05, 0) is 31.0 Å². The normalized spacial score (nSPS) is 25.0. The van der Waals surface area contributed by atoms with E-state index in [2.05, 4.69) is 15.9 Å². The highest BCUT2D eigenvalue weighted by Crippen LogP contribution is 2.33. The Morgan fingerprint density at radius 3 is 2.38 bits per heavy atom. The van der Waals surface area contributed by atoms with Gasteiger partial charge in [0, 0.05) is 12.6 Å². The summed E-state index contributed by atoms with van der Waals surface area (Å²) < 4.78 is 34.2. The van der Waals surface area contributed by atoms with Gasteiger partial charge in [0.05, 0.1) is 22.4 Å².